The summed E-state index contributed by atoms with van der Waals surface area (Å²) >= 11 is 0. The van der Waals surface area contributed by atoms with Crippen molar-refractivity contribution >= 4 is 38.1 Å². The predicted octanol–water partition coefficient (Wildman–Crippen LogP) is 10.3. The van der Waals surface area contributed by atoms with Gasteiger partial charge in [-0.15, -0.1) is 0 Å². The lowest BCUT2D eigenvalue weighted by atomic mass is 9.85. The summed E-state index contributed by atoms with van der Waals surface area (Å²) in [6, 6.07) is 48.2. The van der Waals surface area contributed by atoms with Gasteiger partial charge in [-0.3, -0.25) is 4.79 Å². The minimum Gasteiger partial charge on any atom is -0.294 e. The fraction of sp³-hybridized carbons (Fsp3) is 0.0513. The zero-order valence-corrected chi connectivity index (χ0v) is 22.0. The minimum atomic E-state index is 0.264. The first kappa shape index (κ1) is 22.9. The predicted molar refractivity (Wildman–Crippen MR) is 168 cm³/mol. The molecule has 8 rings (SSSR count). The standard InChI is InChI=1S/C39H26O/c40-37-21-19-29-22-28(18-20-32(29)37)27-10-7-11-30(24-27)38-33-12-3-5-14-35(33)39(36-15-6-4-13-34(36)38)31-17-16-25-8-1-2-9-26(25)23-31/h1-18,20,22-24H,19,21H2. The van der Waals surface area contributed by atoms with Crippen LogP contribution in [0.5, 0.6) is 0 Å². The van der Waals surface area contributed by atoms with Gasteiger partial charge >= 0.3 is 0 Å². The van der Waals surface area contributed by atoms with Crippen LogP contribution in [-0.4, -0.2) is 5.78 Å². The van der Waals surface area contributed by atoms with Crippen LogP contribution < -0.4 is 0 Å². The molecule has 0 spiro atoms. The van der Waals surface area contributed by atoms with Crippen LogP contribution in [0.4, 0.5) is 0 Å². The SMILES string of the molecule is O=C1CCc2cc(-c3cccc(-c4c5ccccc5c(-c5ccc6ccccc6c5)c5ccccc45)c3)ccc21. The Morgan fingerprint density at radius 1 is 0.400 bits per heavy atom. The number of fused-ring (bicyclic) bond motifs is 4. The molecule has 0 atom stereocenters. The zero-order valence-electron chi connectivity index (χ0n) is 22.0. The fourth-order valence-corrected chi connectivity index (χ4v) is 6.58. The molecule has 1 aliphatic carbocycles. The number of Topliss-reactive ketones (excluding diaryl/α,β-unsaturated/α-hetero) is 1. The number of carbonyl (C=O) groups excluding carboxylic acids is 1. The minimum absolute atomic E-state index is 0.264. The van der Waals surface area contributed by atoms with Gasteiger partial charge in [0, 0.05) is 12.0 Å². The lowest BCUT2D eigenvalue weighted by Crippen LogP contribution is -1.92. The molecule has 0 unspecified atom stereocenters. The summed E-state index contributed by atoms with van der Waals surface area (Å²) in [5.41, 5.74) is 9.37. The Bertz CT molecular complexity index is 2080. The molecule has 1 aliphatic rings. The average molecular weight is 511 g/mol. The Labute approximate surface area is 233 Å². The Morgan fingerprint density at radius 2 is 0.950 bits per heavy atom. The lowest BCUT2D eigenvalue weighted by molar-refractivity contribution is 0.0994. The highest BCUT2D eigenvalue weighted by Crippen LogP contribution is 2.44. The van der Waals surface area contributed by atoms with Gasteiger partial charge in [-0.05, 0) is 89.8 Å². The van der Waals surface area contributed by atoms with Crippen LogP contribution in [0.3, 0.4) is 0 Å². The van der Waals surface area contributed by atoms with Gasteiger partial charge in [0.2, 0.25) is 0 Å². The van der Waals surface area contributed by atoms with Crippen molar-refractivity contribution in [3.63, 3.8) is 0 Å². The highest BCUT2D eigenvalue weighted by molar-refractivity contribution is 6.21. The third-order valence-electron chi connectivity index (χ3n) is 8.48. The van der Waals surface area contributed by atoms with Gasteiger partial charge in [-0.25, -0.2) is 0 Å². The van der Waals surface area contributed by atoms with E-state index in [1.807, 2.05) is 6.07 Å². The van der Waals surface area contributed by atoms with E-state index in [1.165, 1.54) is 65.7 Å². The summed E-state index contributed by atoms with van der Waals surface area (Å²) in [6.45, 7) is 0. The molecule has 7 aromatic carbocycles. The van der Waals surface area contributed by atoms with Crippen molar-refractivity contribution in [1.82, 2.24) is 0 Å². The lowest BCUT2D eigenvalue weighted by Gasteiger charge is -2.18. The summed E-state index contributed by atoms with van der Waals surface area (Å²) in [4.78, 5) is 12.2. The van der Waals surface area contributed by atoms with E-state index in [-0.39, 0.29) is 5.78 Å². The van der Waals surface area contributed by atoms with Crippen LogP contribution in [0.15, 0.2) is 133 Å². The number of hydrogen-bond donors (Lipinski definition) is 0. The maximum atomic E-state index is 12.2. The van der Waals surface area contributed by atoms with E-state index >= 15 is 0 Å². The van der Waals surface area contributed by atoms with Gasteiger partial charge in [-0.1, -0.05) is 121 Å². The average Bonchev–Trinajstić information content (AvgIpc) is 3.39. The van der Waals surface area contributed by atoms with E-state index in [9.17, 15) is 4.79 Å². The third kappa shape index (κ3) is 3.59. The second-order valence-corrected chi connectivity index (χ2v) is 10.8. The molecule has 0 saturated carbocycles. The molecule has 0 saturated heterocycles. The molecule has 1 nitrogen and oxygen atoms in total. The van der Waals surface area contributed by atoms with Crippen LogP contribution in [0.25, 0.3) is 65.7 Å². The number of aryl methyl sites for hydroxylation is 1. The molecule has 1 heteroatoms. The van der Waals surface area contributed by atoms with E-state index in [0.29, 0.717) is 6.42 Å². The van der Waals surface area contributed by atoms with E-state index in [4.69, 9.17) is 0 Å². The fourth-order valence-electron chi connectivity index (χ4n) is 6.58. The molecule has 0 bridgehead atoms. The quantitative estimate of drug-likeness (QED) is 0.216. The number of benzene rings is 7. The number of hydrogen-bond acceptors (Lipinski definition) is 1. The molecule has 7 aromatic rings. The van der Waals surface area contributed by atoms with Crippen LogP contribution >= 0.6 is 0 Å². The largest absolute Gasteiger partial charge is 0.294 e. The van der Waals surface area contributed by atoms with E-state index < -0.39 is 0 Å². The summed E-state index contributed by atoms with van der Waals surface area (Å²) in [6.07, 6.45) is 1.47. The summed E-state index contributed by atoms with van der Waals surface area (Å²) < 4.78 is 0. The summed E-state index contributed by atoms with van der Waals surface area (Å²) in [5.74, 6) is 0.264. The van der Waals surface area contributed by atoms with Crippen molar-refractivity contribution in [2.45, 2.75) is 12.8 Å². The van der Waals surface area contributed by atoms with Crippen molar-refractivity contribution in [2.24, 2.45) is 0 Å². The first-order valence-corrected chi connectivity index (χ1v) is 13.9. The molecule has 0 aliphatic heterocycles. The highest BCUT2D eigenvalue weighted by Gasteiger charge is 2.20. The molecular formula is C39H26O. The smallest absolute Gasteiger partial charge is 0.163 e. The van der Waals surface area contributed by atoms with Gasteiger partial charge in [0.25, 0.3) is 0 Å². The first-order valence-electron chi connectivity index (χ1n) is 13.9. The van der Waals surface area contributed by atoms with Crippen LogP contribution in [0.2, 0.25) is 0 Å². The Balaban J connectivity index is 1.38. The highest BCUT2D eigenvalue weighted by atomic mass is 16.1. The van der Waals surface area contributed by atoms with E-state index in [0.717, 1.165) is 17.5 Å². The first-order chi connectivity index (χ1) is 19.7. The van der Waals surface area contributed by atoms with Crippen LogP contribution in [0.1, 0.15) is 22.3 Å². The maximum Gasteiger partial charge on any atom is 0.163 e. The molecule has 0 aromatic heterocycles. The van der Waals surface area contributed by atoms with Crippen LogP contribution in [0, 0.1) is 0 Å². The monoisotopic (exact) mass is 510 g/mol. The van der Waals surface area contributed by atoms with Crippen molar-refractivity contribution < 1.29 is 4.79 Å². The third-order valence-corrected chi connectivity index (χ3v) is 8.48. The van der Waals surface area contributed by atoms with E-state index in [2.05, 4.69) is 127 Å². The number of carbonyl (C=O) groups is 1. The second-order valence-electron chi connectivity index (χ2n) is 10.8. The van der Waals surface area contributed by atoms with Crippen LogP contribution in [-0.2, 0) is 6.42 Å². The molecule has 0 amide bonds. The molecular weight excluding hydrogens is 484 g/mol. The Morgan fingerprint density at radius 3 is 1.65 bits per heavy atom. The molecule has 0 fully saturated rings. The van der Waals surface area contributed by atoms with Crippen molar-refractivity contribution in [3.8, 4) is 33.4 Å². The van der Waals surface area contributed by atoms with Gasteiger partial charge in [0.15, 0.2) is 5.78 Å². The maximum absolute atomic E-state index is 12.2. The topological polar surface area (TPSA) is 17.1 Å². The molecule has 0 heterocycles. The normalized spacial score (nSPS) is 12.8. The van der Waals surface area contributed by atoms with Crippen molar-refractivity contribution in [3.05, 3.63) is 145 Å². The van der Waals surface area contributed by atoms with Gasteiger partial charge in [0.1, 0.15) is 0 Å². The zero-order chi connectivity index (χ0) is 26.6. The summed E-state index contributed by atoms with van der Waals surface area (Å²) in [7, 11) is 0. The second kappa shape index (κ2) is 9.03. The summed E-state index contributed by atoms with van der Waals surface area (Å²) in [5, 5.41) is 7.52. The number of ketones is 1. The van der Waals surface area contributed by atoms with Gasteiger partial charge < -0.3 is 0 Å². The molecule has 0 radical (unpaired) electrons. The Hall–Kier alpha value is -5.01. The van der Waals surface area contributed by atoms with Gasteiger partial charge in [-0.2, -0.15) is 0 Å². The van der Waals surface area contributed by atoms with Crippen molar-refractivity contribution in [2.75, 3.05) is 0 Å². The Kier molecular flexibility index (Phi) is 5.18. The number of rotatable bonds is 3. The molecule has 0 N–H and O–H groups in total. The van der Waals surface area contributed by atoms with Crippen molar-refractivity contribution in [1.29, 1.82) is 0 Å². The molecule has 40 heavy (non-hydrogen) atoms. The molecule has 188 valence electrons. The van der Waals surface area contributed by atoms with E-state index in [1.54, 1.807) is 0 Å². The van der Waals surface area contributed by atoms with Gasteiger partial charge in [0.05, 0.1) is 0 Å².